The number of halogens is 1. The third kappa shape index (κ3) is 4.33. The van der Waals surface area contributed by atoms with Crippen LogP contribution in [0.15, 0.2) is 18.2 Å². The molecular weight excluding hydrogens is 286 g/mol. The van der Waals surface area contributed by atoms with Crippen LogP contribution in [0.25, 0.3) is 0 Å². The second kappa shape index (κ2) is 6.97. The highest BCUT2D eigenvalue weighted by Crippen LogP contribution is 2.25. The number of phenols is 1. The highest BCUT2D eigenvalue weighted by atomic mass is 35.5. The predicted octanol–water partition coefficient (Wildman–Crippen LogP) is 2.16. The maximum absolute atomic E-state index is 9.86. The summed E-state index contributed by atoms with van der Waals surface area (Å²) in [6.45, 7) is 10.4. The van der Waals surface area contributed by atoms with Gasteiger partial charge in [-0.3, -0.25) is 4.90 Å². The summed E-state index contributed by atoms with van der Waals surface area (Å²) in [5.41, 5.74) is 0.867. The molecular formula is C16H26ClN3O. The van der Waals surface area contributed by atoms with Gasteiger partial charge in [-0.05, 0) is 33.0 Å². The second-order valence-corrected chi connectivity index (χ2v) is 6.85. The number of rotatable bonds is 5. The normalized spacial score (nSPS) is 18.1. The number of nitrogens with one attached hydrogen (secondary N) is 1. The number of hydrogen-bond acceptors (Lipinski definition) is 4. The van der Waals surface area contributed by atoms with Crippen molar-refractivity contribution in [3.63, 3.8) is 0 Å². The van der Waals surface area contributed by atoms with E-state index in [1.165, 1.54) is 0 Å². The summed E-state index contributed by atoms with van der Waals surface area (Å²) >= 11 is 6.13. The Hall–Kier alpha value is -0.810. The molecule has 0 aliphatic carbocycles. The zero-order valence-corrected chi connectivity index (χ0v) is 14.0. The van der Waals surface area contributed by atoms with Crippen molar-refractivity contribution in [2.45, 2.75) is 25.9 Å². The van der Waals surface area contributed by atoms with Crippen LogP contribution < -0.4 is 5.32 Å². The van der Waals surface area contributed by atoms with Gasteiger partial charge in [0.05, 0.1) is 0 Å². The van der Waals surface area contributed by atoms with Crippen LogP contribution in [-0.4, -0.2) is 60.2 Å². The quantitative estimate of drug-likeness (QED) is 0.874. The van der Waals surface area contributed by atoms with Crippen LogP contribution in [0.5, 0.6) is 5.75 Å². The van der Waals surface area contributed by atoms with E-state index in [1.54, 1.807) is 12.1 Å². The fraction of sp³-hybridized carbons (Fsp3) is 0.625. The van der Waals surface area contributed by atoms with Crippen molar-refractivity contribution in [3.8, 4) is 5.75 Å². The molecule has 5 heteroatoms. The van der Waals surface area contributed by atoms with Gasteiger partial charge in [0.1, 0.15) is 5.75 Å². The van der Waals surface area contributed by atoms with Gasteiger partial charge < -0.3 is 15.3 Å². The molecule has 1 aliphatic rings. The number of aromatic hydroxyl groups is 1. The standard InChI is InChI=1S/C16H26ClN3O/c1-16(2,20-9-7-19(3)8-10-20)12-18-11-13-14(17)5-4-6-15(13)21/h4-6,18,21H,7-12H2,1-3H3. The largest absolute Gasteiger partial charge is 0.508 e. The maximum Gasteiger partial charge on any atom is 0.121 e. The van der Waals surface area contributed by atoms with E-state index < -0.39 is 0 Å². The van der Waals surface area contributed by atoms with E-state index in [2.05, 4.69) is 36.0 Å². The second-order valence-electron chi connectivity index (χ2n) is 6.44. The zero-order chi connectivity index (χ0) is 15.5. The van der Waals surface area contributed by atoms with Crippen LogP contribution in [-0.2, 0) is 6.54 Å². The molecule has 0 bridgehead atoms. The van der Waals surface area contributed by atoms with E-state index in [-0.39, 0.29) is 11.3 Å². The lowest BCUT2D eigenvalue weighted by Gasteiger charge is -2.43. The minimum absolute atomic E-state index is 0.0954. The summed E-state index contributed by atoms with van der Waals surface area (Å²) in [7, 11) is 2.17. The average molecular weight is 312 g/mol. The molecule has 4 nitrogen and oxygen atoms in total. The molecule has 0 amide bonds. The van der Waals surface area contributed by atoms with E-state index in [0.29, 0.717) is 11.6 Å². The minimum Gasteiger partial charge on any atom is -0.508 e. The molecule has 2 N–H and O–H groups in total. The van der Waals surface area contributed by atoms with Gasteiger partial charge in [0, 0.05) is 55.4 Å². The highest BCUT2D eigenvalue weighted by molar-refractivity contribution is 6.31. The van der Waals surface area contributed by atoms with E-state index >= 15 is 0 Å². The van der Waals surface area contributed by atoms with Crippen molar-refractivity contribution in [2.24, 2.45) is 0 Å². The first kappa shape index (κ1) is 16.6. The first-order valence-electron chi connectivity index (χ1n) is 7.51. The van der Waals surface area contributed by atoms with Gasteiger partial charge in [-0.2, -0.15) is 0 Å². The Morgan fingerprint density at radius 1 is 1.24 bits per heavy atom. The third-order valence-electron chi connectivity index (χ3n) is 4.31. The smallest absolute Gasteiger partial charge is 0.121 e. The lowest BCUT2D eigenvalue weighted by atomic mass is 10.0. The van der Waals surface area contributed by atoms with Gasteiger partial charge in [-0.15, -0.1) is 0 Å². The molecule has 118 valence electrons. The summed E-state index contributed by atoms with van der Waals surface area (Å²) in [6.07, 6.45) is 0. The third-order valence-corrected chi connectivity index (χ3v) is 4.67. The number of likely N-dealkylation sites (N-methyl/N-ethyl adjacent to an activating group) is 1. The van der Waals surface area contributed by atoms with E-state index in [1.807, 2.05) is 6.07 Å². The molecule has 21 heavy (non-hydrogen) atoms. The van der Waals surface area contributed by atoms with Crippen molar-refractivity contribution < 1.29 is 5.11 Å². The van der Waals surface area contributed by atoms with Crippen LogP contribution in [0.3, 0.4) is 0 Å². The Kier molecular flexibility index (Phi) is 5.49. The average Bonchev–Trinajstić information content (AvgIpc) is 2.42. The maximum atomic E-state index is 9.86. The van der Waals surface area contributed by atoms with Crippen LogP contribution in [0.1, 0.15) is 19.4 Å². The summed E-state index contributed by atoms with van der Waals surface area (Å²) in [5.74, 6) is 0.257. The number of hydrogen-bond donors (Lipinski definition) is 2. The van der Waals surface area contributed by atoms with Gasteiger partial charge in [0.25, 0.3) is 0 Å². The number of nitrogens with zero attached hydrogens (tertiary/aromatic N) is 2. The molecule has 1 aromatic carbocycles. The Balaban J connectivity index is 1.87. The van der Waals surface area contributed by atoms with Crippen molar-refractivity contribution in [2.75, 3.05) is 39.8 Å². The number of benzene rings is 1. The van der Waals surface area contributed by atoms with Crippen LogP contribution in [0.4, 0.5) is 0 Å². The van der Waals surface area contributed by atoms with Crippen LogP contribution in [0.2, 0.25) is 5.02 Å². The summed E-state index contributed by atoms with van der Waals surface area (Å²) < 4.78 is 0. The molecule has 0 aromatic heterocycles. The van der Waals surface area contributed by atoms with Crippen molar-refractivity contribution >= 4 is 11.6 Å². The fourth-order valence-corrected chi connectivity index (χ4v) is 2.98. The Bertz CT molecular complexity index is 450. The predicted molar refractivity (Wildman–Crippen MR) is 88.0 cm³/mol. The molecule has 0 radical (unpaired) electrons. The molecule has 0 atom stereocenters. The van der Waals surface area contributed by atoms with E-state index in [0.717, 1.165) is 38.3 Å². The summed E-state index contributed by atoms with van der Waals surface area (Å²) in [6, 6.07) is 5.24. The Labute approximate surface area is 132 Å². The SMILES string of the molecule is CN1CCN(C(C)(C)CNCc2c(O)cccc2Cl)CC1. The van der Waals surface area contributed by atoms with Gasteiger partial charge >= 0.3 is 0 Å². The lowest BCUT2D eigenvalue weighted by molar-refractivity contribution is 0.0617. The van der Waals surface area contributed by atoms with E-state index in [9.17, 15) is 5.11 Å². The molecule has 0 saturated carbocycles. The molecule has 0 unspecified atom stereocenters. The van der Waals surface area contributed by atoms with Crippen LogP contribution in [0, 0.1) is 0 Å². The molecule has 1 aromatic rings. The number of piperazine rings is 1. The van der Waals surface area contributed by atoms with Crippen LogP contribution >= 0.6 is 11.6 Å². The Morgan fingerprint density at radius 3 is 2.52 bits per heavy atom. The van der Waals surface area contributed by atoms with Crippen molar-refractivity contribution in [1.82, 2.24) is 15.1 Å². The monoisotopic (exact) mass is 311 g/mol. The van der Waals surface area contributed by atoms with E-state index in [4.69, 9.17) is 11.6 Å². The fourth-order valence-electron chi connectivity index (χ4n) is 2.74. The summed E-state index contributed by atoms with van der Waals surface area (Å²) in [4.78, 5) is 4.88. The molecule has 0 spiro atoms. The topological polar surface area (TPSA) is 38.7 Å². The van der Waals surface area contributed by atoms with Gasteiger partial charge in [-0.1, -0.05) is 17.7 Å². The molecule has 1 saturated heterocycles. The highest BCUT2D eigenvalue weighted by Gasteiger charge is 2.28. The molecule has 1 aliphatic heterocycles. The van der Waals surface area contributed by atoms with Crippen molar-refractivity contribution in [3.05, 3.63) is 28.8 Å². The van der Waals surface area contributed by atoms with Gasteiger partial charge in [-0.25, -0.2) is 0 Å². The lowest BCUT2D eigenvalue weighted by Crippen LogP contribution is -2.57. The first-order chi connectivity index (χ1) is 9.90. The minimum atomic E-state index is 0.0954. The number of phenolic OH excluding ortho intramolecular Hbond substituents is 1. The molecule has 1 heterocycles. The molecule has 1 fully saturated rings. The zero-order valence-electron chi connectivity index (χ0n) is 13.2. The van der Waals surface area contributed by atoms with Gasteiger partial charge in [0.15, 0.2) is 0 Å². The van der Waals surface area contributed by atoms with Crippen molar-refractivity contribution in [1.29, 1.82) is 0 Å². The van der Waals surface area contributed by atoms with Gasteiger partial charge in [0.2, 0.25) is 0 Å². The summed E-state index contributed by atoms with van der Waals surface area (Å²) in [5, 5.41) is 13.9. The molecule has 2 rings (SSSR count). The first-order valence-corrected chi connectivity index (χ1v) is 7.88. The Morgan fingerprint density at radius 2 is 1.90 bits per heavy atom.